The number of Topliss-reactive ketones (excluding diaryl/α,β-unsaturated/α-hetero) is 2. The first-order chi connectivity index (χ1) is 20.4. The number of carbonyl (C=O) groups excluding carboxylic acids is 4. The van der Waals surface area contributed by atoms with Gasteiger partial charge in [0.25, 0.3) is 0 Å². The highest BCUT2D eigenvalue weighted by molar-refractivity contribution is 6.00. The maximum Gasteiger partial charge on any atom is 0.306 e. The molecule has 1 spiro atoms. The number of rotatable bonds is 2. The lowest BCUT2D eigenvalue weighted by atomic mass is 9.41. The Labute approximate surface area is 241 Å². The number of hydrogen-bond donors (Lipinski definition) is 0. The van der Waals surface area contributed by atoms with E-state index < -0.39 is 47.6 Å². The van der Waals surface area contributed by atoms with Gasteiger partial charge in [0.05, 0.1) is 19.3 Å². The Morgan fingerprint density at radius 3 is 2.02 bits per heavy atom. The van der Waals surface area contributed by atoms with Crippen molar-refractivity contribution in [1.29, 1.82) is 0 Å². The van der Waals surface area contributed by atoms with Crippen molar-refractivity contribution in [2.45, 2.75) is 50.1 Å². The highest BCUT2D eigenvalue weighted by Crippen LogP contribution is 2.71. The SMILES string of the molecule is O=C1C[C@@H]2C3=C(O[C@@H](c4ccccc4)CC3=O)[C@@H]3[C@@H]([C@@H]4C=C5O[C@H](c6ccccc6)CC(=O)[C@@]53[C@H]3CC(=O)O[C@@H]43)[C@@H]2O1. The third-order valence-electron chi connectivity index (χ3n) is 10.8. The minimum atomic E-state index is -1.26. The standard InChI is InChI=1S/C34H28O8/c35-21-14-22(16-7-3-1-4-8-16)40-33-28(21)19-12-26(37)42-32(19)29-18-11-25-34(30(29)33,20-13-27(38)41-31(18)20)24(36)15-23(39-25)17-9-5-2-6-10-17/h1-11,18-20,22-23,29-32H,12-15H2/t18-,19+,20-,22+,23-,29+,30-,31-,32+,34-/m0/s1. The summed E-state index contributed by atoms with van der Waals surface area (Å²) < 4.78 is 25.4. The van der Waals surface area contributed by atoms with Crippen molar-refractivity contribution in [3.8, 4) is 0 Å². The van der Waals surface area contributed by atoms with Gasteiger partial charge in [-0.15, -0.1) is 0 Å². The van der Waals surface area contributed by atoms with Crippen molar-refractivity contribution in [2.75, 3.05) is 0 Å². The molecular formula is C34H28O8. The van der Waals surface area contributed by atoms with Gasteiger partial charge < -0.3 is 18.9 Å². The molecule has 42 heavy (non-hydrogen) atoms. The maximum atomic E-state index is 14.8. The van der Waals surface area contributed by atoms with Crippen LogP contribution in [0.25, 0.3) is 0 Å². The number of ketones is 2. The van der Waals surface area contributed by atoms with E-state index in [1.807, 2.05) is 66.7 Å². The molecule has 8 nitrogen and oxygen atoms in total. The van der Waals surface area contributed by atoms with Crippen molar-refractivity contribution in [3.63, 3.8) is 0 Å². The van der Waals surface area contributed by atoms with E-state index in [9.17, 15) is 19.2 Å². The van der Waals surface area contributed by atoms with Crippen LogP contribution >= 0.6 is 0 Å². The molecule has 4 aliphatic carbocycles. The number of ether oxygens (including phenoxy) is 4. The van der Waals surface area contributed by atoms with Crippen molar-refractivity contribution in [2.24, 2.45) is 35.0 Å². The summed E-state index contributed by atoms with van der Waals surface area (Å²) >= 11 is 0. The van der Waals surface area contributed by atoms with Crippen LogP contribution < -0.4 is 0 Å². The van der Waals surface area contributed by atoms with Gasteiger partial charge in [0.15, 0.2) is 11.6 Å². The van der Waals surface area contributed by atoms with Gasteiger partial charge in [0.1, 0.15) is 41.3 Å². The van der Waals surface area contributed by atoms with Crippen LogP contribution in [0.5, 0.6) is 0 Å². The van der Waals surface area contributed by atoms with Crippen LogP contribution in [0, 0.1) is 35.0 Å². The van der Waals surface area contributed by atoms with E-state index in [2.05, 4.69) is 0 Å². The fourth-order valence-corrected chi connectivity index (χ4v) is 9.35. The van der Waals surface area contributed by atoms with Gasteiger partial charge in [-0.1, -0.05) is 60.7 Å². The quantitative estimate of drug-likeness (QED) is 0.497. The summed E-state index contributed by atoms with van der Waals surface area (Å²) in [6.45, 7) is 0. The number of benzene rings is 2. The van der Waals surface area contributed by atoms with Crippen molar-refractivity contribution >= 4 is 23.5 Å². The van der Waals surface area contributed by atoms with E-state index in [4.69, 9.17) is 18.9 Å². The number of fused-ring (bicyclic) bond motifs is 2. The van der Waals surface area contributed by atoms with E-state index in [1.165, 1.54) is 0 Å². The number of esters is 2. The van der Waals surface area contributed by atoms with Gasteiger partial charge in [-0.05, 0) is 17.2 Å². The number of carbonyl (C=O) groups is 4. The highest BCUT2D eigenvalue weighted by Gasteiger charge is 2.77. The van der Waals surface area contributed by atoms with Crippen LogP contribution in [0.1, 0.15) is 49.0 Å². The third kappa shape index (κ3) is 3.02. The summed E-state index contributed by atoms with van der Waals surface area (Å²) in [7, 11) is 0. The maximum absolute atomic E-state index is 14.8. The van der Waals surface area contributed by atoms with Gasteiger partial charge in [-0.25, -0.2) is 0 Å². The van der Waals surface area contributed by atoms with Crippen LogP contribution in [-0.4, -0.2) is 35.7 Å². The lowest BCUT2D eigenvalue weighted by Crippen LogP contribution is -2.68. The molecule has 10 rings (SSSR count). The summed E-state index contributed by atoms with van der Waals surface area (Å²) in [5.41, 5.74) is 0.981. The van der Waals surface area contributed by atoms with Crippen molar-refractivity contribution in [1.82, 2.24) is 0 Å². The first-order valence-corrected chi connectivity index (χ1v) is 14.8. The monoisotopic (exact) mass is 564 g/mol. The predicted octanol–water partition coefficient (Wildman–Crippen LogP) is 4.33. The molecule has 8 heteroatoms. The zero-order valence-electron chi connectivity index (χ0n) is 22.6. The van der Waals surface area contributed by atoms with Gasteiger partial charge in [-0.2, -0.15) is 0 Å². The Kier molecular flexibility index (Phi) is 4.90. The number of hydrogen-bond acceptors (Lipinski definition) is 8. The average molecular weight is 565 g/mol. The third-order valence-corrected chi connectivity index (χ3v) is 10.8. The molecule has 0 radical (unpaired) electrons. The molecule has 0 aromatic heterocycles. The molecule has 0 N–H and O–H groups in total. The molecule has 4 fully saturated rings. The lowest BCUT2D eigenvalue weighted by Gasteiger charge is -2.63. The summed E-state index contributed by atoms with van der Waals surface area (Å²) in [5, 5.41) is 0. The second-order valence-corrected chi connectivity index (χ2v) is 12.6. The van der Waals surface area contributed by atoms with Crippen LogP contribution in [-0.2, 0) is 38.1 Å². The largest absolute Gasteiger partial charge is 0.489 e. The highest BCUT2D eigenvalue weighted by atomic mass is 16.6. The topological polar surface area (TPSA) is 105 Å². The van der Waals surface area contributed by atoms with Crippen LogP contribution in [0.15, 0.2) is 83.8 Å². The normalized spacial score (nSPS) is 40.9. The molecular weight excluding hydrogens is 536 g/mol. The molecule has 4 aliphatic heterocycles. The molecule has 0 unspecified atom stereocenters. The fraction of sp³-hybridized carbons (Fsp3) is 0.412. The first-order valence-electron chi connectivity index (χ1n) is 14.8. The second-order valence-electron chi connectivity index (χ2n) is 12.6. The summed E-state index contributed by atoms with van der Waals surface area (Å²) in [5.74, 6) is -2.11. The van der Waals surface area contributed by atoms with Gasteiger partial charge in [0.2, 0.25) is 0 Å². The molecule has 8 aliphatic rings. The van der Waals surface area contributed by atoms with Crippen LogP contribution in [0.3, 0.4) is 0 Å². The van der Waals surface area contributed by atoms with Crippen LogP contribution in [0.4, 0.5) is 0 Å². The zero-order valence-corrected chi connectivity index (χ0v) is 22.6. The van der Waals surface area contributed by atoms with Gasteiger partial charge in [-0.3, -0.25) is 19.2 Å². The molecule has 10 atom stereocenters. The Morgan fingerprint density at radius 2 is 1.31 bits per heavy atom. The Hall–Kier alpha value is -4.20. The van der Waals surface area contributed by atoms with Crippen molar-refractivity contribution in [3.05, 3.63) is 95.0 Å². The Morgan fingerprint density at radius 1 is 0.667 bits per heavy atom. The lowest BCUT2D eigenvalue weighted by molar-refractivity contribution is -0.198. The minimum Gasteiger partial charge on any atom is -0.489 e. The van der Waals surface area contributed by atoms with Crippen LogP contribution in [0.2, 0.25) is 0 Å². The van der Waals surface area contributed by atoms with Gasteiger partial charge >= 0.3 is 11.9 Å². The van der Waals surface area contributed by atoms with E-state index in [0.29, 0.717) is 17.1 Å². The molecule has 2 aromatic carbocycles. The van der Waals surface area contributed by atoms with E-state index >= 15 is 0 Å². The van der Waals surface area contributed by atoms with E-state index in [1.54, 1.807) is 0 Å². The molecule has 1 saturated carbocycles. The molecule has 212 valence electrons. The molecule has 3 saturated heterocycles. The van der Waals surface area contributed by atoms with Crippen molar-refractivity contribution < 1.29 is 38.1 Å². The Bertz CT molecular complexity index is 1630. The Balaban J connectivity index is 1.25. The van der Waals surface area contributed by atoms with E-state index in [0.717, 1.165) is 11.1 Å². The fourth-order valence-electron chi connectivity index (χ4n) is 9.35. The summed E-state index contributed by atoms with van der Waals surface area (Å²) in [4.78, 5) is 54.4. The second kappa shape index (κ2) is 8.43. The number of allylic oxidation sites excluding steroid dienone is 2. The minimum absolute atomic E-state index is 0.0530. The summed E-state index contributed by atoms with van der Waals surface area (Å²) in [6, 6.07) is 19.3. The smallest absolute Gasteiger partial charge is 0.306 e. The predicted molar refractivity (Wildman–Crippen MR) is 144 cm³/mol. The summed E-state index contributed by atoms with van der Waals surface area (Å²) in [6.07, 6.45) is 0.251. The molecule has 4 heterocycles. The zero-order chi connectivity index (χ0) is 28.3. The van der Waals surface area contributed by atoms with Gasteiger partial charge in [0, 0.05) is 41.6 Å². The first kappa shape index (κ1) is 24.4. The molecule has 0 amide bonds. The van der Waals surface area contributed by atoms with E-state index in [-0.39, 0.29) is 61.0 Å². The molecule has 2 bridgehead atoms. The molecule has 2 aromatic rings. The average Bonchev–Trinajstić information content (AvgIpc) is 3.60.